The number of nitro groups is 1. The fourth-order valence-corrected chi connectivity index (χ4v) is 2.20. The second-order valence-corrected chi connectivity index (χ2v) is 4.15. The summed E-state index contributed by atoms with van der Waals surface area (Å²) < 4.78 is 39.9. The molecule has 96 valence electrons. The topological polar surface area (TPSA) is 91.3 Å². The van der Waals surface area contributed by atoms with E-state index in [-0.39, 0.29) is 15.3 Å². The second-order valence-electron chi connectivity index (χ2n) is 3.12. The van der Waals surface area contributed by atoms with Crippen molar-refractivity contribution in [3.8, 4) is 5.75 Å². The van der Waals surface area contributed by atoms with Crippen LogP contribution in [0.1, 0.15) is 0 Å². The highest BCUT2D eigenvalue weighted by Crippen LogP contribution is 2.41. The zero-order valence-electron chi connectivity index (χ0n) is 8.39. The van der Waals surface area contributed by atoms with Gasteiger partial charge < -0.3 is 10.5 Å². The minimum atomic E-state index is -5.01. The number of nitrogens with two attached hydrogens (primary N) is 1. The number of ether oxygens (including phenoxy) is 1. The molecule has 6 nitrogen and oxygen atoms in total. The van der Waals surface area contributed by atoms with Crippen LogP contribution >= 0.6 is 11.3 Å². The summed E-state index contributed by atoms with van der Waals surface area (Å²) in [5, 5.41) is 10.9. The zero-order chi connectivity index (χ0) is 13.5. The van der Waals surface area contributed by atoms with Crippen molar-refractivity contribution < 1.29 is 22.8 Å². The van der Waals surface area contributed by atoms with Gasteiger partial charge in [0.1, 0.15) is 4.70 Å². The second kappa shape index (κ2) is 3.98. The molecule has 18 heavy (non-hydrogen) atoms. The van der Waals surface area contributed by atoms with E-state index < -0.39 is 22.7 Å². The molecule has 1 heterocycles. The number of anilines is 1. The normalized spacial score (nSPS) is 11.7. The molecule has 0 unspecified atom stereocenters. The first-order valence-electron chi connectivity index (χ1n) is 4.37. The highest BCUT2D eigenvalue weighted by molar-refractivity contribution is 7.22. The highest BCUT2D eigenvalue weighted by Gasteiger charge is 2.35. The summed E-state index contributed by atoms with van der Waals surface area (Å²) in [6.45, 7) is 0. The Hall–Kier alpha value is -2.10. The number of nitro benzene ring substituents is 1. The Kier molecular flexibility index (Phi) is 2.73. The van der Waals surface area contributed by atoms with E-state index in [0.29, 0.717) is 0 Å². The Balaban J connectivity index is 2.66. The van der Waals surface area contributed by atoms with Crippen molar-refractivity contribution in [1.82, 2.24) is 4.98 Å². The molecule has 2 rings (SSSR count). The number of benzene rings is 1. The predicted molar refractivity (Wildman–Crippen MR) is 57.4 cm³/mol. The fourth-order valence-electron chi connectivity index (χ4n) is 1.36. The van der Waals surface area contributed by atoms with Crippen LogP contribution in [0.3, 0.4) is 0 Å². The van der Waals surface area contributed by atoms with Gasteiger partial charge in [-0.05, 0) is 12.1 Å². The highest BCUT2D eigenvalue weighted by atomic mass is 32.1. The van der Waals surface area contributed by atoms with E-state index in [4.69, 9.17) is 5.73 Å². The maximum Gasteiger partial charge on any atom is 0.573 e. The van der Waals surface area contributed by atoms with Gasteiger partial charge in [0.25, 0.3) is 0 Å². The van der Waals surface area contributed by atoms with E-state index in [1.54, 1.807) is 0 Å². The van der Waals surface area contributed by atoms with Gasteiger partial charge in [0.2, 0.25) is 5.75 Å². The van der Waals surface area contributed by atoms with Crippen LogP contribution in [0.5, 0.6) is 5.75 Å². The van der Waals surface area contributed by atoms with Crippen LogP contribution in [-0.2, 0) is 0 Å². The number of rotatable bonds is 2. The van der Waals surface area contributed by atoms with Crippen molar-refractivity contribution >= 4 is 32.4 Å². The van der Waals surface area contributed by atoms with E-state index >= 15 is 0 Å². The predicted octanol–water partition coefficient (Wildman–Crippen LogP) is 2.69. The molecule has 0 saturated heterocycles. The molecule has 0 saturated carbocycles. The maximum absolute atomic E-state index is 12.1. The first kappa shape index (κ1) is 12.4. The van der Waals surface area contributed by atoms with Crippen LogP contribution in [0.25, 0.3) is 10.2 Å². The Bertz CT molecular complexity index is 625. The summed E-state index contributed by atoms with van der Waals surface area (Å²) in [7, 11) is 0. The molecular formula is C8H4F3N3O3S. The third kappa shape index (κ3) is 2.27. The molecule has 0 aliphatic rings. The molecule has 0 aliphatic heterocycles. The molecule has 2 N–H and O–H groups in total. The van der Waals surface area contributed by atoms with Crippen molar-refractivity contribution in [2.24, 2.45) is 0 Å². The Morgan fingerprint density at radius 3 is 2.67 bits per heavy atom. The van der Waals surface area contributed by atoms with E-state index in [2.05, 4.69) is 9.72 Å². The molecule has 10 heteroatoms. The number of thiazole rings is 1. The third-order valence-corrected chi connectivity index (χ3v) is 2.83. The molecule has 0 spiro atoms. The van der Waals surface area contributed by atoms with Crippen molar-refractivity contribution in [3.05, 3.63) is 22.2 Å². The molecule has 2 aromatic rings. The van der Waals surface area contributed by atoms with Crippen molar-refractivity contribution in [1.29, 1.82) is 0 Å². The van der Waals surface area contributed by atoms with Gasteiger partial charge in [0.05, 0.1) is 10.4 Å². The summed E-state index contributed by atoms with van der Waals surface area (Å²) in [5.41, 5.74) is 4.72. The van der Waals surface area contributed by atoms with E-state index in [1.807, 2.05) is 0 Å². The quantitative estimate of drug-likeness (QED) is 0.674. The average Bonchev–Trinajstić information content (AvgIpc) is 2.54. The summed E-state index contributed by atoms with van der Waals surface area (Å²) >= 11 is 0.725. The minimum absolute atomic E-state index is 0.0252. The summed E-state index contributed by atoms with van der Waals surface area (Å²) in [6.07, 6.45) is -5.01. The van der Waals surface area contributed by atoms with Crippen LogP contribution in [0, 0.1) is 10.1 Å². The third-order valence-electron chi connectivity index (χ3n) is 1.92. The van der Waals surface area contributed by atoms with Gasteiger partial charge in [-0.15, -0.1) is 13.2 Å². The van der Waals surface area contributed by atoms with Gasteiger partial charge in [-0.1, -0.05) is 11.3 Å². The van der Waals surface area contributed by atoms with Gasteiger partial charge >= 0.3 is 12.0 Å². The summed E-state index contributed by atoms with van der Waals surface area (Å²) in [4.78, 5) is 13.6. The number of hydrogen-bond donors (Lipinski definition) is 1. The first-order valence-corrected chi connectivity index (χ1v) is 5.19. The lowest BCUT2D eigenvalue weighted by Crippen LogP contribution is -2.17. The summed E-state index contributed by atoms with van der Waals surface area (Å²) in [5.74, 6) is -0.886. The van der Waals surface area contributed by atoms with Crippen LogP contribution < -0.4 is 10.5 Å². The molecule has 0 aliphatic carbocycles. The number of aromatic nitrogens is 1. The van der Waals surface area contributed by atoms with E-state index in [1.165, 1.54) is 6.07 Å². The standard InChI is InChI=1S/C8H4F3N3O3S/c9-8(10,11)17-4-2-1-3-6(5(4)14(15)16)18-7(12)13-3/h1-2H,(H2,12,13). The van der Waals surface area contributed by atoms with Gasteiger partial charge in [0.15, 0.2) is 5.13 Å². The molecule has 0 atom stereocenters. The van der Waals surface area contributed by atoms with Crippen molar-refractivity contribution in [2.75, 3.05) is 5.73 Å². The SMILES string of the molecule is Nc1nc2ccc(OC(F)(F)F)c([N+](=O)[O-])c2s1. The number of nitrogen functional groups attached to an aromatic ring is 1. The Labute approximate surface area is 101 Å². The van der Waals surface area contributed by atoms with Crippen molar-refractivity contribution in [2.45, 2.75) is 6.36 Å². The van der Waals surface area contributed by atoms with Gasteiger partial charge in [0, 0.05) is 0 Å². The van der Waals surface area contributed by atoms with E-state index in [0.717, 1.165) is 17.4 Å². The lowest BCUT2D eigenvalue weighted by atomic mass is 10.3. The molecule has 0 amide bonds. The van der Waals surface area contributed by atoms with E-state index in [9.17, 15) is 23.3 Å². The average molecular weight is 279 g/mol. The van der Waals surface area contributed by atoms with Crippen LogP contribution in [-0.4, -0.2) is 16.3 Å². The molecule has 0 radical (unpaired) electrons. The number of hydrogen-bond acceptors (Lipinski definition) is 6. The van der Waals surface area contributed by atoms with Crippen LogP contribution in [0.2, 0.25) is 0 Å². The van der Waals surface area contributed by atoms with Gasteiger partial charge in [-0.25, -0.2) is 4.98 Å². The molecule has 0 bridgehead atoms. The monoisotopic (exact) mass is 279 g/mol. The lowest BCUT2D eigenvalue weighted by molar-refractivity contribution is -0.386. The van der Waals surface area contributed by atoms with Crippen LogP contribution in [0.4, 0.5) is 24.0 Å². The summed E-state index contributed by atoms with van der Waals surface area (Å²) in [6, 6.07) is 2.02. The van der Waals surface area contributed by atoms with Gasteiger partial charge in [-0.2, -0.15) is 0 Å². The number of fused-ring (bicyclic) bond motifs is 1. The minimum Gasteiger partial charge on any atom is -0.398 e. The van der Waals surface area contributed by atoms with Gasteiger partial charge in [-0.3, -0.25) is 10.1 Å². The molecule has 1 aromatic heterocycles. The maximum atomic E-state index is 12.1. The molecule has 1 aromatic carbocycles. The number of halogens is 3. The lowest BCUT2D eigenvalue weighted by Gasteiger charge is -2.08. The largest absolute Gasteiger partial charge is 0.573 e. The van der Waals surface area contributed by atoms with Crippen molar-refractivity contribution in [3.63, 3.8) is 0 Å². The smallest absolute Gasteiger partial charge is 0.398 e. The first-order chi connectivity index (χ1) is 8.28. The number of nitrogens with zero attached hydrogens (tertiary/aromatic N) is 2. The number of alkyl halides is 3. The zero-order valence-corrected chi connectivity index (χ0v) is 9.21. The molecular weight excluding hydrogens is 275 g/mol. The Morgan fingerprint density at radius 2 is 2.11 bits per heavy atom. The van der Waals surface area contributed by atoms with Crippen LogP contribution in [0.15, 0.2) is 12.1 Å². The molecule has 0 fully saturated rings. The Morgan fingerprint density at radius 1 is 1.44 bits per heavy atom. The fraction of sp³-hybridized carbons (Fsp3) is 0.125.